The van der Waals surface area contributed by atoms with E-state index >= 15 is 0 Å². The van der Waals surface area contributed by atoms with Crippen molar-refractivity contribution < 1.29 is 19.5 Å². The molecule has 1 aromatic carbocycles. The molecule has 1 aromatic rings. The molecule has 4 N–H and O–H groups in total. The zero-order chi connectivity index (χ0) is 5.98. The molecule has 9 heavy (non-hydrogen) atoms. The molecule has 3 heteroatoms. The van der Waals surface area contributed by atoms with E-state index in [4.69, 9.17) is 11.5 Å². The van der Waals surface area contributed by atoms with Gasteiger partial charge in [-0.3, -0.25) is 0 Å². The van der Waals surface area contributed by atoms with Crippen LogP contribution in [0.15, 0.2) is 24.3 Å². The molecule has 0 heterocycles. The van der Waals surface area contributed by atoms with Crippen molar-refractivity contribution in [3.8, 4) is 0 Å². The van der Waals surface area contributed by atoms with Crippen LogP contribution >= 0.6 is 0 Å². The van der Waals surface area contributed by atoms with Crippen molar-refractivity contribution in [2.45, 2.75) is 0 Å². The van der Waals surface area contributed by atoms with Crippen LogP contribution in [0.5, 0.6) is 0 Å². The third-order valence-corrected chi connectivity index (χ3v) is 0.911. The van der Waals surface area contributed by atoms with Crippen LogP contribution in [0, 0.1) is 0 Å². The second-order valence-corrected chi connectivity index (χ2v) is 1.67. The molecule has 1 rings (SSSR count). The largest absolute Gasteiger partial charge is 0.399 e. The third kappa shape index (κ3) is 2.47. The second-order valence-electron chi connectivity index (χ2n) is 1.67. The van der Waals surface area contributed by atoms with Gasteiger partial charge in [-0.25, -0.2) is 0 Å². The van der Waals surface area contributed by atoms with Gasteiger partial charge in [0.05, 0.1) is 0 Å². The third-order valence-electron chi connectivity index (χ3n) is 0.911. The Morgan fingerprint density at radius 3 is 1.67 bits per heavy atom. The van der Waals surface area contributed by atoms with E-state index < -0.39 is 0 Å². The Morgan fingerprint density at radius 2 is 1.44 bits per heavy atom. The van der Waals surface area contributed by atoms with Crippen molar-refractivity contribution in [3.63, 3.8) is 0 Å². The van der Waals surface area contributed by atoms with E-state index in [0.29, 0.717) is 11.4 Å². The Kier molecular flexibility index (Phi) is 3.25. The summed E-state index contributed by atoms with van der Waals surface area (Å²) in [5.41, 5.74) is 12.2. The summed E-state index contributed by atoms with van der Waals surface area (Å²) in [6, 6.07) is 7.15. The quantitative estimate of drug-likeness (QED) is 0.451. The summed E-state index contributed by atoms with van der Waals surface area (Å²) in [5, 5.41) is 0. The predicted octanol–water partition coefficient (Wildman–Crippen LogP) is 0.849. The monoisotopic (exact) mass is 172 g/mol. The van der Waals surface area contributed by atoms with Crippen molar-refractivity contribution in [3.05, 3.63) is 24.3 Å². The Hall–Kier alpha value is -0.557. The molecule has 0 amide bonds. The predicted molar refractivity (Wildman–Crippen MR) is 35.3 cm³/mol. The fourth-order valence-electron chi connectivity index (χ4n) is 0.559. The number of hydrogen-bond donors (Lipinski definition) is 2. The van der Waals surface area contributed by atoms with Crippen LogP contribution in [-0.4, -0.2) is 0 Å². The number of nitrogens with two attached hydrogens (primary N) is 2. The number of benzene rings is 1. The van der Waals surface area contributed by atoms with Gasteiger partial charge in [-0.05, 0) is 18.2 Å². The number of anilines is 2. The summed E-state index contributed by atoms with van der Waals surface area (Å²) in [6.45, 7) is 0. The Morgan fingerprint density at radius 1 is 1.00 bits per heavy atom. The first-order valence-corrected chi connectivity index (χ1v) is 2.40. The molecule has 0 aliphatic carbocycles. The summed E-state index contributed by atoms with van der Waals surface area (Å²) in [6.07, 6.45) is 0. The first-order chi connectivity index (χ1) is 3.79. The van der Waals surface area contributed by atoms with E-state index in [0.717, 1.165) is 0 Å². The molecule has 0 spiro atoms. The SMILES string of the molecule is Nc1cccc(N)c1.[Zn]. The fourth-order valence-corrected chi connectivity index (χ4v) is 0.559. The van der Waals surface area contributed by atoms with Gasteiger partial charge in [0.2, 0.25) is 0 Å². The minimum Gasteiger partial charge on any atom is -0.399 e. The van der Waals surface area contributed by atoms with Crippen LogP contribution in [0.25, 0.3) is 0 Å². The topological polar surface area (TPSA) is 52.0 Å². The summed E-state index contributed by atoms with van der Waals surface area (Å²) in [7, 11) is 0. The molecule has 0 saturated heterocycles. The summed E-state index contributed by atoms with van der Waals surface area (Å²) in [4.78, 5) is 0. The summed E-state index contributed by atoms with van der Waals surface area (Å²) >= 11 is 0. The molecule has 0 saturated carbocycles. The minimum absolute atomic E-state index is 0. The Labute approximate surface area is 67.0 Å². The van der Waals surface area contributed by atoms with Crippen LogP contribution in [-0.2, 0) is 19.5 Å². The smallest absolute Gasteiger partial charge is 0.0334 e. The zero-order valence-electron chi connectivity index (χ0n) is 5.17. The van der Waals surface area contributed by atoms with Crippen LogP contribution in [0.2, 0.25) is 0 Å². The van der Waals surface area contributed by atoms with E-state index in [1.165, 1.54) is 0 Å². The standard InChI is InChI=1S/C6H8N2.Zn/c7-5-2-1-3-6(8)4-5;/h1-4H,7-8H2;. The van der Waals surface area contributed by atoms with Crippen molar-refractivity contribution >= 4 is 11.4 Å². The van der Waals surface area contributed by atoms with Crippen LogP contribution in [0.4, 0.5) is 11.4 Å². The molecule has 0 aliphatic heterocycles. The summed E-state index contributed by atoms with van der Waals surface area (Å²) < 4.78 is 0. The second kappa shape index (κ2) is 3.47. The average Bonchev–Trinajstić information content (AvgIpc) is 1.64. The van der Waals surface area contributed by atoms with Gasteiger partial charge in [0.15, 0.2) is 0 Å². The van der Waals surface area contributed by atoms with E-state index in [-0.39, 0.29) is 19.5 Å². The molecule has 0 atom stereocenters. The first-order valence-electron chi connectivity index (χ1n) is 2.40. The maximum Gasteiger partial charge on any atom is 0.0334 e. The van der Waals surface area contributed by atoms with E-state index in [2.05, 4.69) is 0 Å². The maximum atomic E-state index is 5.38. The van der Waals surface area contributed by atoms with Gasteiger partial charge < -0.3 is 11.5 Å². The zero-order valence-corrected chi connectivity index (χ0v) is 8.14. The van der Waals surface area contributed by atoms with Crippen molar-refractivity contribution in [1.29, 1.82) is 0 Å². The van der Waals surface area contributed by atoms with Crippen molar-refractivity contribution in [2.75, 3.05) is 11.5 Å². The molecule has 0 radical (unpaired) electrons. The molecule has 0 unspecified atom stereocenters. The van der Waals surface area contributed by atoms with Gasteiger partial charge in [-0.15, -0.1) is 0 Å². The molecule has 2 nitrogen and oxygen atoms in total. The van der Waals surface area contributed by atoms with Gasteiger partial charge in [-0.2, -0.15) is 0 Å². The minimum atomic E-state index is 0. The number of hydrogen-bond acceptors (Lipinski definition) is 2. The van der Waals surface area contributed by atoms with E-state index in [9.17, 15) is 0 Å². The Balaban J connectivity index is 0.000000640. The fraction of sp³-hybridized carbons (Fsp3) is 0. The van der Waals surface area contributed by atoms with E-state index in [1.807, 2.05) is 6.07 Å². The molecule has 0 aliphatic rings. The first kappa shape index (κ1) is 8.44. The molecular weight excluding hydrogens is 165 g/mol. The molecule has 0 aromatic heterocycles. The van der Waals surface area contributed by atoms with Gasteiger partial charge in [0, 0.05) is 30.9 Å². The summed E-state index contributed by atoms with van der Waals surface area (Å²) in [5.74, 6) is 0. The molecular formula is C6H8N2Zn. The Bertz CT molecular complexity index is 171. The molecule has 0 fully saturated rings. The normalized spacial score (nSPS) is 8.00. The average molecular weight is 174 g/mol. The van der Waals surface area contributed by atoms with Crippen LogP contribution < -0.4 is 11.5 Å². The van der Waals surface area contributed by atoms with Gasteiger partial charge >= 0.3 is 0 Å². The van der Waals surface area contributed by atoms with Crippen molar-refractivity contribution in [2.24, 2.45) is 0 Å². The van der Waals surface area contributed by atoms with Gasteiger partial charge in [0.1, 0.15) is 0 Å². The number of nitrogen functional groups attached to an aromatic ring is 2. The number of rotatable bonds is 0. The van der Waals surface area contributed by atoms with Crippen LogP contribution in [0.1, 0.15) is 0 Å². The molecule has 0 bridgehead atoms. The molecule has 44 valence electrons. The maximum absolute atomic E-state index is 5.38. The van der Waals surface area contributed by atoms with Gasteiger partial charge in [0.25, 0.3) is 0 Å². The van der Waals surface area contributed by atoms with Crippen molar-refractivity contribution in [1.82, 2.24) is 0 Å². The van der Waals surface area contributed by atoms with Crippen LogP contribution in [0.3, 0.4) is 0 Å². The van der Waals surface area contributed by atoms with Gasteiger partial charge in [-0.1, -0.05) is 6.07 Å². The van der Waals surface area contributed by atoms with E-state index in [1.54, 1.807) is 18.2 Å².